The average Bonchev–Trinajstić information content (AvgIpc) is 3.20. The van der Waals surface area contributed by atoms with Crippen LogP contribution in [0, 0.1) is 0 Å². The van der Waals surface area contributed by atoms with Crippen LogP contribution >= 0.6 is 0 Å². The van der Waals surface area contributed by atoms with Gasteiger partial charge in [-0.15, -0.1) is 0 Å². The summed E-state index contributed by atoms with van der Waals surface area (Å²) in [5, 5.41) is 0. The summed E-state index contributed by atoms with van der Waals surface area (Å²) >= 11 is 0. The molecule has 158 valence electrons. The van der Waals surface area contributed by atoms with E-state index in [2.05, 4.69) is 4.98 Å². The van der Waals surface area contributed by atoms with Gasteiger partial charge in [0.1, 0.15) is 5.82 Å². The monoisotopic (exact) mass is 432 g/mol. The van der Waals surface area contributed by atoms with Crippen LogP contribution in [-0.4, -0.2) is 9.55 Å². The second-order valence-electron chi connectivity index (χ2n) is 6.77. The number of aromatic nitrogens is 2. The predicted octanol–water partition coefficient (Wildman–Crippen LogP) is 7.24. The Bertz CT molecular complexity index is 1190. The highest BCUT2D eigenvalue weighted by molar-refractivity contribution is 5.67. The summed E-state index contributed by atoms with van der Waals surface area (Å²) in [7, 11) is 0. The summed E-state index contributed by atoms with van der Waals surface area (Å²) in [4.78, 5) is 3.52. The van der Waals surface area contributed by atoms with Gasteiger partial charge < -0.3 is 0 Å². The lowest BCUT2D eigenvalue weighted by molar-refractivity contribution is -0.140. The molecule has 0 unspecified atom stereocenters. The molecule has 0 atom stereocenters. The van der Waals surface area contributed by atoms with Gasteiger partial charge in [-0.05, 0) is 29.3 Å². The third kappa shape index (κ3) is 4.19. The molecule has 0 saturated carbocycles. The Balaban J connectivity index is 1.87. The first-order chi connectivity index (χ1) is 14.6. The summed E-state index contributed by atoms with van der Waals surface area (Å²) in [6, 6.07) is 20.2. The van der Waals surface area contributed by atoms with Gasteiger partial charge in [0.25, 0.3) is 0 Å². The van der Waals surface area contributed by atoms with E-state index in [9.17, 15) is 26.3 Å². The number of imidazole rings is 1. The van der Waals surface area contributed by atoms with E-state index in [1.807, 2.05) is 30.3 Å². The van der Waals surface area contributed by atoms with Crippen molar-refractivity contribution < 1.29 is 26.3 Å². The molecule has 0 aliphatic carbocycles. The Kier molecular flexibility index (Phi) is 5.08. The third-order valence-electron chi connectivity index (χ3n) is 4.72. The second-order valence-corrected chi connectivity index (χ2v) is 6.77. The Morgan fingerprint density at radius 2 is 1.19 bits per heavy atom. The van der Waals surface area contributed by atoms with Gasteiger partial charge in [0.15, 0.2) is 5.69 Å². The largest absolute Gasteiger partial charge is 0.434 e. The van der Waals surface area contributed by atoms with Crippen molar-refractivity contribution in [1.82, 2.24) is 9.55 Å². The van der Waals surface area contributed by atoms with E-state index in [1.165, 1.54) is 12.1 Å². The number of alkyl halides is 6. The number of halogens is 6. The van der Waals surface area contributed by atoms with Crippen LogP contribution in [0.1, 0.15) is 11.3 Å². The van der Waals surface area contributed by atoms with Crippen LogP contribution in [0.5, 0.6) is 0 Å². The van der Waals surface area contributed by atoms with E-state index in [1.54, 1.807) is 24.3 Å². The van der Waals surface area contributed by atoms with Crippen LogP contribution in [0.3, 0.4) is 0 Å². The highest BCUT2D eigenvalue weighted by atomic mass is 19.4. The normalized spacial score (nSPS) is 12.2. The van der Waals surface area contributed by atoms with E-state index < -0.39 is 35.0 Å². The van der Waals surface area contributed by atoms with Gasteiger partial charge in [0.05, 0.1) is 5.56 Å². The van der Waals surface area contributed by atoms with Crippen molar-refractivity contribution in [3.63, 3.8) is 0 Å². The smallest absolute Gasteiger partial charge is 0.299 e. The van der Waals surface area contributed by atoms with Crippen molar-refractivity contribution in [1.29, 1.82) is 0 Å². The molecule has 0 fully saturated rings. The maximum Gasteiger partial charge on any atom is 0.434 e. The maximum atomic E-state index is 13.5. The molecule has 0 N–H and O–H groups in total. The molecular formula is C23H14F6N2. The zero-order chi connectivity index (χ0) is 22.2. The minimum atomic E-state index is -4.81. The fourth-order valence-electron chi connectivity index (χ4n) is 3.27. The molecule has 0 aliphatic rings. The molecule has 2 nitrogen and oxygen atoms in total. The van der Waals surface area contributed by atoms with Crippen molar-refractivity contribution in [3.8, 4) is 28.2 Å². The lowest BCUT2D eigenvalue weighted by atomic mass is 10.0. The predicted molar refractivity (Wildman–Crippen MR) is 104 cm³/mol. The van der Waals surface area contributed by atoms with Gasteiger partial charge in [-0.3, -0.25) is 4.57 Å². The summed E-state index contributed by atoms with van der Waals surface area (Å²) in [5.74, 6) is -0.437. The van der Waals surface area contributed by atoms with Crippen molar-refractivity contribution >= 4 is 0 Å². The van der Waals surface area contributed by atoms with Crippen molar-refractivity contribution in [2.45, 2.75) is 12.4 Å². The molecule has 8 heteroatoms. The molecule has 1 aromatic heterocycles. The molecule has 31 heavy (non-hydrogen) atoms. The Morgan fingerprint density at radius 1 is 0.613 bits per heavy atom. The van der Waals surface area contributed by atoms with Crippen LogP contribution in [0.2, 0.25) is 0 Å². The van der Waals surface area contributed by atoms with E-state index >= 15 is 0 Å². The molecule has 0 spiro atoms. The molecule has 3 aromatic carbocycles. The molecule has 0 aliphatic heterocycles. The van der Waals surface area contributed by atoms with E-state index in [4.69, 9.17) is 0 Å². The van der Waals surface area contributed by atoms with Gasteiger partial charge in [-0.25, -0.2) is 4.98 Å². The SMILES string of the molecule is FC(F)(F)c1cn(-c2ccc(-c3ccccc3)cc2)c(-c2ccccc2C(F)(F)F)n1. The van der Waals surface area contributed by atoms with E-state index in [0.717, 1.165) is 27.8 Å². The Hall–Kier alpha value is -3.55. The summed E-state index contributed by atoms with van der Waals surface area (Å²) in [6.45, 7) is 0. The number of nitrogens with zero attached hydrogens (tertiary/aromatic N) is 2. The quantitative estimate of drug-likeness (QED) is 0.312. The summed E-state index contributed by atoms with van der Waals surface area (Å²) in [6.07, 6.45) is -8.85. The number of benzene rings is 3. The molecular weight excluding hydrogens is 418 g/mol. The van der Waals surface area contributed by atoms with Crippen LogP contribution < -0.4 is 0 Å². The lowest BCUT2D eigenvalue weighted by Crippen LogP contribution is -2.09. The average molecular weight is 432 g/mol. The first kappa shape index (κ1) is 20.7. The summed E-state index contributed by atoms with van der Waals surface area (Å²) < 4.78 is 81.5. The Labute approximate surface area is 173 Å². The number of rotatable bonds is 3. The van der Waals surface area contributed by atoms with Crippen molar-refractivity contribution in [3.05, 3.63) is 96.3 Å². The molecule has 0 amide bonds. The van der Waals surface area contributed by atoms with Gasteiger partial charge in [-0.1, -0.05) is 60.7 Å². The summed E-state index contributed by atoms with van der Waals surface area (Å²) in [5.41, 5.74) is -0.786. The lowest BCUT2D eigenvalue weighted by Gasteiger charge is -2.14. The number of hydrogen-bond acceptors (Lipinski definition) is 1. The highest BCUT2D eigenvalue weighted by Gasteiger charge is 2.38. The van der Waals surface area contributed by atoms with Gasteiger partial charge in [0, 0.05) is 17.4 Å². The molecule has 0 saturated heterocycles. The zero-order valence-electron chi connectivity index (χ0n) is 15.7. The van der Waals surface area contributed by atoms with Crippen LogP contribution in [0.4, 0.5) is 26.3 Å². The fourth-order valence-corrected chi connectivity index (χ4v) is 3.27. The van der Waals surface area contributed by atoms with Crippen molar-refractivity contribution in [2.75, 3.05) is 0 Å². The molecule has 0 bridgehead atoms. The second kappa shape index (κ2) is 7.61. The third-order valence-corrected chi connectivity index (χ3v) is 4.72. The van der Waals surface area contributed by atoms with Gasteiger partial charge in [-0.2, -0.15) is 26.3 Å². The Morgan fingerprint density at radius 3 is 1.81 bits per heavy atom. The first-order valence-electron chi connectivity index (χ1n) is 9.13. The first-order valence-corrected chi connectivity index (χ1v) is 9.13. The minimum Gasteiger partial charge on any atom is -0.299 e. The van der Waals surface area contributed by atoms with E-state index in [-0.39, 0.29) is 5.69 Å². The minimum absolute atomic E-state index is 0.259. The van der Waals surface area contributed by atoms with Crippen LogP contribution in [0.25, 0.3) is 28.2 Å². The highest BCUT2D eigenvalue weighted by Crippen LogP contribution is 2.39. The molecule has 1 heterocycles. The van der Waals surface area contributed by atoms with Crippen LogP contribution in [0.15, 0.2) is 85.1 Å². The van der Waals surface area contributed by atoms with Crippen LogP contribution in [-0.2, 0) is 12.4 Å². The standard InChI is InChI=1S/C23H14F6N2/c24-22(25,26)19-9-5-4-8-18(19)21-30-20(23(27,28)29)14-31(21)17-12-10-16(11-13-17)15-6-2-1-3-7-15/h1-14H. The fraction of sp³-hybridized carbons (Fsp3) is 0.0870. The molecule has 4 rings (SSSR count). The van der Waals surface area contributed by atoms with Gasteiger partial charge in [0.2, 0.25) is 0 Å². The maximum absolute atomic E-state index is 13.5. The van der Waals surface area contributed by atoms with Crippen molar-refractivity contribution in [2.24, 2.45) is 0 Å². The number of hydrogen-bond donors (Lipinski definition) is 0. The van der Waals surface area contributed by atoms with Gasteiger partial charge >= 0.3 is 12.4 Å². The van der Waals surface area contributed by atoms with E-state index in [0.29, 0.717) is 6.20 Å². The zero-order valence-corrected chi connectivity index (χ0v) is 15.7. The molecule has 4 aromatic rings. The topological polar surface area (TPSA) is 17.8 Å². The molecule has 0 radical (unpaired) electrons.